The predicted octanol–water partition coefficient (Wildman–Crippen LogP) is -0.480. The maximum Gasteiger partial charge on any atom is 0.255 e. The van der Waals surface area contributed by atoms with Crippen molar-refractivity contribution in [2.75, 3.05) is 0 Å². The Morgan fingerprint density at radius 1 is 1.73 bits per heavy atom. The van der Waals surface area contributed by atoms with Crippen LogP contribution in [0.4, 0.5) is 0 Å². The Morgan fingerprint density at radius 3 is 3.36 bits per heavy atom. The molecule has 58 valence electrons. The molecule has 4 nitrogen and oxygen atoms in total. The van der Waals surface area contributed by atoms with Gasteiger partial charge in [-0.25, -0.2) is 4.99 Å². The maximum absolute atomic E-state index is 11.1. The summed E-state index contributed by atoms with van der Waals surface area (Å²) >= 11 is 0. The van der Waals surface area contributed by atoms with Crippen molar-refractivity contribution in [1.82, 2.24) is 5.32 Å². The zero-order chi connectivity index (χ0) is 7.84. The molecule has 4 heteroatoms. The van der Waals surface area contributed by atoms with Crippen LogP contribution in [0.1, 0.15) is 12.8 Å². The van der Waals surface area contributed by atoms with E-state index in [1.54, 1.807) is 0 Å². The average molecular weight is 151 g/mol. The summed E-state index contributed by atoms with van der Waals surface area (Å²) in [5.41, 5.74) is 6.15. The summed E-state index contributed by atoms with van der Waals surface area (Å²) in [4.78, 5) is 15.2. The second kappa shape index (κ2) is 2.08. The Bertz CT molecular complexity index is 267. The standard InChI is InChI=1S/C7H9N3O/c8-7-9-5-3-1-2-4(5)6(11)10-7/h2,5H,1,3H2,(H3,8,9,10,11). The number of fused-ring (bicyclic) bond motifs is 1. The van der Waals surface area contributed by atoms with Crippen molar-refractivity contribution >= 4 is 11.9 Å². The molecule has 3 N–H and O–H groups in total. The lowest BCUT2D eigenvalue weighted by atomic mass is 10.1. The van der Waals surface area contributed by atoms with Crippen LogP contribution in [0.5, 0.6) is 0 Å². The minimum atomic E-state index is -0.0833. The van der Waals surface area contributed by atoms with Gasteiger partial charge in [-0.05, 0) is 12.8 Å². The van der Waals surface area contributed by atoms with Gasteiger partial charge in [0.25, 0.3) is 5.91 Å². The molecular formula is C7H9N3O. The highest BCUT2D eigenvalue weighted by Gasteiger charge is 2.28. The molecule has 0 aromatic heterocycles. The number of allylic oxidation sites excluding steroid dienone is 1. The summed E-state index contributed by atoms with van der Waals surface area (Å²) in [6.07, 6.45) is 3.78. The Kier molecular flexibility index (Phi) is 1.21. The highest BCUT2D eigenvalue weighted by Crippen LogP contribution is 2.23. The molecule has 1 aliphatic heterocycles. The number of nitrogens with two attached hydrogens (primary N) is 1. The van der Waals surface area contributed by atoms with E-state index in [1.807, 2.05) is 6.08 Å². The van der Waals surface area contributed by atoms with Crippen molar-refractivity contribution in [3.05, 3.63) is 11.6 Å². The second-order valence-corrected chi connectivity index (χ2v) is 2.72. The fourth-order valence-electron chi connectivity index (χ4n) is 1.46. The highest BCUT2D eigenvalue weighted by molar-refractivity contribution is 6.08. The van der Waals surface area contributed by atoms with Gasteiger partial charge in [0.1, 0.15) is 0 Å². The number of guanidine groups is 1. The van der Waals surface area contributed by atoms with E-state index < -0.39 is 0 Å². The quantitative estimate of drug-likeness (QED) is 0.491. The van der Waals surface area contributed by atoms with Gasteiger partial charge in [0, 0.05) is 5.57 Å². The average Bonchev–Trinajstić information content (AvgIpc) is 2.34. The first-order valence-corrected chi connectivity index (χ1v) is 3.62. The summed E-state index contributed by atoms with van der Waals surface area (Å²) in [5, 5.41) is 2.47. The third-order valence-electron chi connectivity index (χ3n) is 1.96. The first-order chi connectivity index (χ1) is 5.27. The number of rotatable bonds is 0. The molecule has 0 saturated heterocycles. The SMILES string of the molecule is NC1=NC2CCC=C2C(=O)N1. The van der Waals surface area contributed by atoms with Crippen LogP contribution in [0.25, 0.3) is 0 Å². The normalized spacial score (nSPS) is 28.7. The van der Waals surface area contributed by atoms with Gasteiger partial charge in [0.2, 0.25) is 0 Å². The van der Waals surface area contributed by atoms with Gasteiger partial charge in [0.05, 0.1) is 6.04 Å². The van der Waals surface area contributed by atoms with Gasteiger partial charge in [-0.1, -0.05) is 6.08 Å². The van der Waals surface area contributed by atoms with E-state index in [4.69, 9.17) is 5.73 Å². The topological polar surface area (TPSA) is 67.5 Å². The van der Waals surface area contributed by atoms with Gasteiger partial charge >= 0.3 is 0 Å². The van der Waals surface area contributed by atoms with Crippen LogP contribution in [0.3, 0.4) is 0 Å². The third kappa shape index (κ3) is 0.906. The summed E-state index contributed by atoms with van der Waals surface area (Å²) in [6.45, 7) is 0. The Labute approximate surface area is 64.2 Å². The molecule has 0 bridgehead atoms. The minimum absolute atomic E-state index is 0.0312. The number of amides is 1. The number of aliphatic imine (C=N–C) groups is 1. The molecule has 2 aliphatic rings. The molecule has 0 radical (unpaired) electrons. The third-order valence-corrected chi connectivity index (χ3v) is 1.96. The summed E-state index contributed by atoms with van der Waals surface area (Å²) in [5.74, 6) is 0.166. The second-order valence-electron chi connectivity index (χ2n) is 2.72. The Hall–Kier alpha value is -1.32. The number of carbonyl (C=O) groups is 1. The smallest absolute Gasteiger partial charge is 0.255 e. The van der Waals surface area contributed by atoms with Gasteiger partial charge in [0.15, 0.2) is 5.96 Å². The van der Waals surface area contributed by atoms with Gasteiger partial charge < -0.3 is 5.73 Å². The van der Waals surface area contributed by atoms with E-state index >= 15 is 0 Å². The van der Waals surface area contributed by atoms with E-state index in [2.05, 4.69) is 10.3 Å². The fourth-order valence-corrected chi connectivity index (χ4v) is 1.46. The maximum atomic E-state index is 11.1. The zero-order valence-electron chi connectivity index (χ0n) is 6.00. The molecule has 11 heavy (non-hydrogen) atoms. The molecular weight excluding hydrogens is 142 g/mol. The summed E-state index contributed by atoms with van der Waals surface area (Å²) in [6, 6.07) is 0.0312. The molecule has 0 saturated carbocycles. The van der Waals surface area contributed by atoms with Crippen molar-refractivity contribution in [3.63, 3.8) is 0 Å². The Morgan fingerprint density at radius 2 is 2.55 bits per heavy atom. The Balaban J connectivity index is 2.36. The minimum Gasteiger partial charge on any atom is -0.370 e. The van der Waals surface area contributed by atoms with Gasteiger partial charge in [-0.2, -0.15) is 0 Å². The largest absolute Gasteiger partial charge is 0.370 e. The van der Waals surface area contributed by atoms with Crippen LogP contribution < -0.4 is 11.1 Å². The monoisotopic (exact) mass is 151 g/mol. The van der Waals surface area contributed by atoms with Gasteiger partial charge in [-0.15, -0.1) is 0 Å². The number of hydrogen-bond donors (Lipinski definition) is 2. The highest BCUT2D eigenvalue weighted by atomic mass is 16.2. The number of hydrogen-bond acceptors (Lipinski definition) is 3. The molecule has 0 aromatic carbocycles. The summed E-state index contributed by atoms with van der Waals surface area (Å²) in [7, 11) is 0. The fraction of sp³-hybridized carbons (Fsp3) is 0.429. The van der Waals surface area contributed by atoms with E-state index in [9.17, 15) is 4.79 Å². The van der Waals surface area contributed by atoms with Crippen LogP contribution in [0.15, 0.2) is 16.6 Å². The lowest BCUT2D eigenvalue weighted by Gasteiger charge is -2.16. The number of nitrogens with one attached hydrogen (secondary N) is 1. The molecule has 0 fully saturated rings. The van der Waals surface area contributed by atoms with E-state index in [0.29, 0.717) is 0 Å². The first kappa shape index (κ1) is 6.39. The van der Waals surface area contributed by atoms with Crippen molar-refractivity contribution in [1.29, 1.82) is 0 Å². The molecule has 0 spiro atoms. The lowest BCUT2D eigenvalue weighted by molar-refractivity contribution is -0.116. The number of nitrogens with zero attached hydrogens (tertiary/aromatic N) is 1. The predicted molar refractivity (Wildman–Crippen MR) is 40.9 cm³/mol. The van der Waals surface area contributed by atoms with Crippen molar-refractivity contribution in [2.24, 2.45) is 10.7 Å². The number of carbonyl (C=O) groups excluding carboxylic acids is 1. The van der Waals surface area contributed by atoms with Crippen LogP contribution >= 0.6 is 0 Å². The molecule has 2 rings (SSSR count). The van der Waals surface area contributed by atoms with E-state index in [1.165, 1.54) is 0 Å². The molecule has 1 amide bonds. The molecule has 1 aliphatic carbocycles. The summed E-state index contributed by atoms with van der Waals surface area (Å²) < 4.78 is 0. The van der Waals surface area contributed by atoms with Crippen molar-refractivity contribution in [2.45, 2.75) is 18.9 Å². The lowest BCUT2D eigenvalue weighted by Crippen LogP contribution is -2.43. The van der Waals surface area contributed by atoms with Crippen molar-refractivity contribution < 1.29 is 4.79 Å². The van der Waals surface area contributed by atoms with E-state index in [-0.39, 0.29) is 17.9 Å². The van der Waals surface area contributed by atoms with Crippen LogP contribution in [0.2, 0.25) is 0 Å². The molecule has 1 unspecified atom stereocenters. The van der Waals surface area contributed by atoms with Crippen LogP contribution in [0, 0.1) is 0 Å². The first-order valence-electron chi connectivity index (χ1n) is 3.62. The van der Waals surface area contributed by atoms with E-state index in [0.717, 1.165) is 18.4 Å². The van der Waals surface area contributed by atoms with Crippen LogP contribution in [-0.2, 0) is 4.79 Å². The van der Waals surface area contributed by atoms with Crippen LogP contribution in [-0.4, -0.2) is 17.9 Å². The molecule has 1 atom stereocenters. The zero-order valence-corrected chi connectivity index (χ0v) is 6.00. The molecule has 1 heterocycles. The molecule has 0 aromatic rings. The van der Waals surface area contributed by atoms with Crippen molar-refractivity contribution in [3.8, 4) is 0 Å². The van der Waals surface area contributed by atoms with Gasteiger partial charge in [-0.3, -0.25) is 10.1 Å².